The highest BCUT2D eigenvalue weighted by molar-refractivity contribution is 9.10. The van der Waals surface area contributed by atoms with Crippen molar-refractivity contribution in [1.82, 2.24) is 9.88 Å². The Hall–Kier alpha value is -2.74. The SMILES string of the molecule is Cc1cc(/C=C2\C(=O)NC(=S)N(c3cccc(Br)c3)C2=O)c(C)n1-c1cccc(Cl)c1. The largest absolute Gasteiger partial charge is 0.318 e. The number of thiocarbonyl (C=S) groups is 1. The number of aromatic nitrogens is 1. The Labute approximate surface area is 198 Å². The molecule has 8 heteroatoms. The maximum Gasteiger partial charge on any atom is 0.270 e. The molecule has 31 heavy (non-hydrogen) atoms. The van der Waals surface area contributed by atoms with Crippen molar-refractivity contribution in [2.45, 2.75) is 13.8 Å². The lowest BCUT2D eigenvalue weighted by atomic mass is 10.1. The molecule has 1 aliphatic heterocycles. The smallest absolute Gasteiger partial charge is 0.270 e. The summed E-state index contributed by atoms with van der Waals surface area (Å²) in [6.07, 6.45) is 1.60. The third kappa shape index (κ3) is 4.08. The molecule has 0 aliphatic carbocycles. The molecule has 1 saturated heterocycles. The van der Waals surface area contributed by atoms with Gasteiger partial charge in [-0.1, -0.05) is 39.7 Å². The third-order valence-corrected chi connectivity index (χ3v) is 6.02. The third-order valence-electron chi connectivity index (χ3n) is 5.00. The van der Waals surface area contributed by atoms with Gasteiger partial charge in [0.1, 0.15) is 5.57 Å². The summed E-state index contributed by atoms with van der Waals surface area (Å²) in [4.78, 5) is 27.2. The number of halogens is 2. The molecule has 0 saturated carbocycles. The average Bonchev–Trinajstić information content (AvgIpc) is 2.98. The topological polar surface area (TPSA) is 54.3 Å². The van der Waals surface area contributed by atoms with E-state index in [4.69, 9.17) is 23.8 Å². The predicted molar refractivity (Wildman–Crippen MR) is 131 cm³/mol. The average molecular weight is 515 g/mol. The molecule has 156 valence electrons. The fourth-order valence-electron chi connectivity index (χ4n) is 3.61. The lowest BCUT2D eigenvalue weighted by molar-refractivity contribution is -0.122. The Kier molecular flexibility index (Phi) is 5.83. The van der Waals surface area contributed by atoms with E-state index >= 15 is 0 Å². The minimum Gasteiger partial charge on any atom is -0.318 e. The Balaban J connectivity index is 1.77. The summed E-state index contributed by atoms with van der Waals surface area (Å²) in [5.41, 5.74) is 4.09. The number of anilines is 1. The van der Waals surface area contributed by atoms with Gasteiger partial charge in [0.15, 0.2) is 5.11 Å². The highest BCUT2D eigenvalue weighted by Crippen LogP contribution is 2.28. The Morgan fingerprint density at radius 1 is 1.03 bits per heavy atom. The lowest BCUT2D eigenvalue weighted by Gasteiger charge is -2.29. The van der Waals surface area contributed by atoms with E-state index in [1.54, 1.807) is 24.3 Å². The minimum absolute atomic E-state index is 0.0138. The number of carbonyl (C=O) groups is 2. The van der Waals surface area contributed by atoms with E-state index in [-0.39, 0.29) is 10.7 Å². The minimum atomic E-state index is -0.520. The number of carbonyl (C=O) groups excluding carboxylic acids is 2. The first-order chi connectivity index (χ1) is 14.8. The van der Waals surface area contributed by atoms with E-state index in [0.29, 0.717) is 10.7 Å². The number of hydrogen-bond donors (Lipinski definition) is 1. The molecule has 0 radical (unpaired) electrons. The van der Waals surface area contributed by atoms with Gasteiger partial charge in [0.05, 0.1) is 5.69 Å². The molecule has 1 aromatic heterocycles. The normalized spacial score (nSPS) is 15.5. The van der Waals surface area contributed by atoms with Gasteiger partial charge in [-0.25, -0.2) is 0 Å². The van der Waals surface area contributed by atoms with Crippen LogP contribution in [0, 0.1) is 13.8 Å². The summed E-state index contributed by atoms with van der Waals surface area (Å²) in [5.74, 6) is -0.992. The molecule has 1 N–H and O–H groups in total. The van der Waals surface area contributed by atoms with Gasteiger partial charge in [0, 0.05) is 26.6 Å². The quantitative estimate of drug-likeness (QED) is 0.292. The lowest BCUT2D eigenvalue weighted by Crippen LogP contribution is -2.54. The number of nitrogens with zero attached hydrogens (tertiary/aromatic N) is 2. The number of nitrogens with one attached hydrogen (secondary N) is 1. The van der Waals surface area contributed by atoms with Crippen LogP contribution < -0.4 is 10.2 Å². The van der Waals surface area contributed by atoms with Crippen LogP contribution in [0.4, 0.5) is 5.69 Å². The highest BCUT2D eigenvalue weighted by atomic mass is 79.9. The maximum absolute atomic E-state index is 13.2. The summed E-state index contributed by atoms with van der Waals surface area (Å²) < 4.78 is 2.83. The van der Waals surface area contributed by atoms with Crippen LogP contribution in [-0.2, 0) is 9.59 Å². The van der Waals surface area contributed by atoms with Crippen LogP contribution in [0.2, 0.25) is 5.02 Å². The van der Waals surface area contributed by atoms with Crippen LogP contribution in [0.5, 0.6) is 0 Å². The van der Waals surface area contributed by atoms with Crippen LogP contribution in [0.15, 0.2) is 64.6 Å². The second-order valence-corrected chi connectivity index (χ2v) is 8.82. The summed E-state index contributed by atoms with van der Waals surface area (Å²) in [6, 6.07) is 16.6. The number of amides is 2. The number of aryl methyl sites for hydroxylation is 1. The van der Waals surface area contributed by atoms with Gasteiger partial charge in [-0.3, -0.25) is 19.8 Å². The summed E-state index contributed by atoms with van der Waals surface area (Å²) in [5, 5.41) is 3.30. The van der Waals surface area contributed by atoms with Crippen molar-refractivity contribution in [1.29, 1.82) is 0 Å². The monoisotopic (exact) mass is 513 g/mol. The molecule has 3 aromatic rings. The van der Waals surface area contributed by atoms with Crippen LogP contribution in [0.1, 0.15) is 17.0 Å². The molecule has 2 amide bonds. The Morgan fingerprint density at radius 3 is 2.45 bits per heavy atom. The van der Waals surface area contributed by atoms with Crippen molar-refractivity contribution in [3.8, 4) is 5.69 Å². The second-order valence-electron chi connectivity index (χ2n) is 7.08. The van der Waals surface area contributed by atoms with Crippen molar-refractivity contribution in [2.75, 3.05) is 4.90 Å². The number of hydrogen-bond acceptors (Lipinski definition) is 3. The van der Waals surface area contributed by atoms with Crippen LogP contribution >= 0.6 is 39.7 Å². The summed E-state index contributed by atoms with van der Waals surface area (Å²) >= 11 is 14.8. The van der Waals surface area contributed by atoms with Crippen LogP contribution in [0.25, 0.3) is 11.8 Å². The van der Waals surface area contributed by atoms with Crippen molar-refractivity contribution in [2.24, 2.45) is 0 Å². The first-order valence-corrected chi connectivity index (χ1v) is 11.0. The predicted octanol–water partition coefficient (Wildman–Crippen LogP) is 5.34. The van der Waals surface area contributed by atoms with Crippen molar-refractivity contribution in [3.05, 3.63) is 86.6 Å². The molecule has 5 nitrogen and oxygen atoms in total. The van der Waals surface area contributed by atoms with Gasteiger partial charge in [-0.05, 0) is 80.2 Å². The fraction of sp³-hybridized carbons (Fsp3) is 0.0870. The van der Waals surface area contributed by atoms with Crippen molar-refractivity contribution in [3.63, 3.8) is 0 Å². The zero-order chi connectivity index (χ0) is 22.3. The maximum atomic E-state index is 13.2. The second kappa shape index (κ2) is 8.42. The first kappa shape index (κ1) is 21.5. The molecule has 2 aromatic carbocycles. The van der Waals surface area contributed by atoms with Gasteiger partial charge >= 0.3 is 0 Å². The number of benzene rings is 2. The fourth-order valence-corrected chi connectivity index (χ4v) is 4.46. The highest BCUT2D eigenvalue weighted by Gasteiger charge is 2.34. The van der Waals surface area contributed by atoms with Crippen molar-refractivity contribution < 1.29 is 9.59 Å². The van der Waals surface area contributed by atoms with E-state index in [1.807, 2.05) is 54.8 Å². The molecule has 1 aliphatic rings. The Morgan fingerprint density at radius 2 is 1.74 bits per heavy atom. The summed E-state index contributed by atoms with van der Waals surface area (Å²) in [7, 11) is 0. The molecular formula is C23H17BrClN3O2S. The van der Waals surface area contributed by atoms with Crippen molar-refractivity contribution >= 4 is 68.4 Å². The Bertz CT molecular complexity index is 1280. The molecular weight excluding hydrogens is 498 g/mol. The zero-order valence-electron chi connectivity index (χ0n) is 16.6. The number of rotatable bonds is 3. The van der Waals surface area contributed by atoms with E-state index < -0.39 is 11.8 Å². The van der Waals surface area contributed by atoms with Gasteiger partial charge in [0.2, 0.25) is 0 Å². The molecule has 0 atom stereocenters. The van der Waals surface area contributed by atoms with Gasteiger partial charge < -0.3 is 4.57 Å². The van der Waals surface area contributed by atoms with E-state index in [1.165, 1.54) is 4.90 Å². The van der Waals surface area contributed by atoms with Gasteiger partial charge in [0.25, 0.3) is 11.8 Å². The van der Waals surface area contributed by atoms with Crippen LogP contribution in [-0.4, -0.2) is 21.5 Å². The standard InChI is InChI=1S/C23H17BrClN3O2S/c1-13-9-15(14(2)27(13)19-8-4-6-17(25)12-19)10-20-21(29)26-23(31)28(22(20)30)18-7-3-5-16(24)11-18/h3-12H,1-2H3,(H,26,29,31)/b20-10+. The molecule has 0 bridgehead atoms. The molecule has 4 rings (SSSR count). The van der Waals surface area contributed by atoms with Crippen LogP contribution in [0.3, 0.4) is 0 Å². The first-order valence-electron chi connectivity index (χ1n) is 9.38. The zero-order valence-corrected chi connectivity index (χ0v) is 19.8. The molecule has 2 heterocycles. The van der Waals surface area contributed by atoms with Gasteiger partial charge in [-0.15, -0.1) is 0 Å². The molecule has 0 spiro atoms. The van der Waals surface area contributed by atoms with E-state index in [9.17, 15) is 9.59 Å². The van der Waals surface area contributed by atoms with E-state index in [0.717, 1.165) is 27.1 Å². The van der Waals surface area contributed by atoms with E-state index in [2.05, 4.69) is 21.2 Å². The summed E-state index contributed by atoms with van der Waals surface area (Å²) in [6.45, 7) is 3.89. The molecule has 0 unspecified atom stereocenters. The van der Waals surface area contributed by atoms with Gasteiger partial charge in [-0.2, -0.15) is 0 Å². The molecule has 1 fully saturated rings.